The first-order valence-corrected chi connectivity index (χ1v) is 8.72. The van der Waals surface area contributed by atoms with Crippen LogP contribution in [0.1, 0.15) is 6.42 Å². The molecule has 0 spiro atoms. The van der Waals surface area contributed by atoms with Crippen LogP contribution >= 0.6 is 11.8 Å². The van der Waals surface area contributed by atoms with Crippen LogP contribution in [-0.2, 0) is 19.2 Å². The van der Waals surface area contributed by atoms with Gasteiger partial charge >= 0.3 is 5.97 Å². The lowest BCUT2D eigenvalue weighted by Crippen LogP contribution is -2.57. The fourth-order valence-electron chi connectivity index (χ4n) is 1.62. The molecule has 0 radical (unpaired) electrons. The highest BCUT2D eigenvalue weighted by Gasteiger charge is 2.27. The Morgan fingerprint density at radius 3 is 2.08 bits per heavy atom. The summed E-state index contributed by atoms with van der Waals surface area (Å²) in [5.74, 6) is -3.09. The van der Waals surface area contributed by atoms with Crippen molar-refractivity contribution in [2.75, 3.05) is 31.8 Å². The largest absolute Gasteiger partial charge is 0.480 e. The maximum absolute atomic E-state index is 12.1. The second-order valence-electron chi connectivity index (χ2n) is 4.99. The Morgan fingerprint density at radius 2 is 1.60 bits per heavy atom. The van der Waals surface area contributed by atoms with Gasteiger partial charge in [0, 0.05) is 0 Å². The Hall–Kier alpha value is -1.89. The molecule has 3 amide bonds. The summed E-state index contributed by atoms with van der Waals surface area (Å²) in [5, 5.41) is 33.3. The SMILES string of the molecule is CSCCC(NC(=O)C(CO)NC(=O)C(N)CO)C(=O)NCC(=O)O. The number of carbonyl (C=O) groups is 4. The van der Waals surface area contributed by atoms with Gasteiger partial charge in [-0.15, -0.1) is 0 Å². The van der Waals surface area contributed by atoms with Gasteiger partial charge in [0.15, 0.2) is 0 Å². The molecule has 25 heavy (non-hydrogen) atoms. The summed E-state index contributed by atoms with van der Waals surface area (Å²) >= 11 is 1.42. The number of aliphatic hydroxyl groups excluding tert-OH is 2. The molecule has 0 aliphatic heterocycles. The van der Waals surface area contributed by atoms with Gasteiger partial charge in [0.25, 0.3) is 0 Å². The molecule has 0 aliphatic carbocycles. The zero-order chi connectivity index (χ0) is 19.4. The van der Waals surface area contributed by atoms with E-state index < -0.39 is 61.6 Å². The molecule has 0 bridgehead atoms. The fraction of sp³-hybridized carbons (Fsp3) is 0.692. The first-order chi connectivity index (χ1) is 11.8. The summed E-state index contributed by atoms with van der Waals surface area (Å²) in [5.41, 5.74) is 5.30. The van der Waals surface area contributed by atoms with E-state index in [1.54, 1.807) is 6.26 Å². The number of carbonyl (C=O) groups excluding carboxylic acids is 3. The van der Waals surface area contributed by atoms with Gasteiger partial charge < -0.3 is 37.0 Å². The predicted octanol–water partition coefficient (Wildman–Crippen LogP) is -3.78. The van der Waals surface area contributed by atoms with Gasteiger partial charge in [-0.25, -0.2) is 0 Å². The molecular weight excluding hydrogens is 356 g/mol. The van der Waals surface area contributed by atoms with Gasteiger partial charge in [0.1, 0.15) is 24.7 Å². The van der Waals surface area contributed by atoms with Gasteiger partial charge in [-0.3, -0.25) is 19.2 Å². The second-order valence-corrected chi connectivity index (χ2v) is 5.97. The number of nitrogens with one attached hydrogen (secondary N) is 3. The van der Waals surface area contributed by atoms with Crippen molar-refractivity contribution in [3.8, 4) is 0 Å². The lowest BCUT2D eigenvalue weighted by molar-refractivity contribution is -0.138. The number of thioether (sulfide) groups is 1. The van der Waals surface area contributed by atoms with Crippen molar-refractivity contribution in [2.45, 2.75) is 24.5 Å². The van der Waals surface area contributed by atoms with Crippen molar-refractivity contribution >= 4 is 35.5 Å². The van der Waals surface area contributed by atoms with Gasteiger partial charge in [-0.1, -0.05) is 0 Å². The van der Waals surface area contributed by atoms with Gasteiger partial charge in [0.05, 0.1) is 13.2 Å². The van der Waals surface area contributed by atoms with E-state index >= 15 is 0 Å². The smallest absolute Gasteiger partial charge is 0.322 e. The standard InChI is InChI=1S/C13H24N4O7S/c1-25-3-2-8(12(23)15-4-10(20)21)16-13(24)9(6-19)17-11(22)7(14)5-18/h7-9,18-19H,2-6,14H2,1H3,(H,15,23)(H,16,24)(H,17,22)(H,20,21). The average molecular weight is 380 g/mol. The van der Waals surface area contributed by atoms with Gasteiger partial charge in [-0.05, 0) is 18.4 Å². The number of aliphatic hydroxyl groups is 2. The lowest BCUT2D eigenvalue weighted by Gasteiger charge is -2.22. The molecule has 0 fully saturated rings. The molecule has 144 valence electrons. The molecule has 0 saturated heterocycles. The van der Waals surface area contributed by atoms with Crippen LogP contribution in [0.3, 0.4) is 0 Å². The number of amides is 3. The Kier molecular flexibility index (Phi) is 11.5. The van der Waals surface area contributed by atoms with Crippen molar-refractivity contribution in [1.82, 2.24) is 16.0 Å². The highest BCUT2D eigenvalue weighted by Crippen LogP contribution is 2.02. The molecular formula is C13H24N4O7S. The Balaban J connectivity index is 4.87. The minimum atomic E-state index is -1.37. The molecule has 0 heterocycles. The van der Waals surface area contributed by atoms with Crippen LogP contribution < -0.4 is 21.7 Å². The molecule has 8 N–H and O–H groups in total. The molecule has 0 aromatic carbocycles. The third kappa shape index (κ3) is 9.24. The quantitative estimate of drug-likeness (QED) is 0.178. The van der Waals surface area contributed by atoms with E-state index in [-0.39, 0.29) is 6.42 Å². The Labute approximate surface area is 148 Å². The van der Waals surface area contributed by atoms with Crippen molar-refractivity contribution < 1.29 is 34.5 Å². The first kappa shape index (κ1) is 23.1. The van der Waals surface area contributed by atoms with Crippen LogP contribution in [-0.4, -0.2) is 88.9 Å². The minimum absolute atomic E-state index is 0.223. The topological polar surface area (TPSA) is 191 Å². The van der Waals surface area contributed by atoms with Crippen LogP contribution in [0.25, 0.3) is 0 Å². The lowest BCUT2D eigenvalue weighted by atomic mass is 10.1. The average Bonchev–Trinajstić information content (AvgIpc) is 2.59. The summed E-state index contributed by atoms with van der Waals surface area (Å²) in [6.07, 6.45) is 2.02. The first-order valence-electron chi connectivity index (χ1n) is 7.33. The molecule has 12 heteroatoms. The van der Waals surface area contributed by atoms with Crippen molar-refractivity contribution in [1.29, 1.82) is 0 Å². The molecule has 0 aliphatic rings. The molecule has 11 nitrogen and oxygen atoms in total. The van der Waals surface area contributed by atoms with Gasteiger partial charge in [0.2, 0.25) is 17.7 Å². The fourth-order valence-corrected chi connectivity index (χ4v) is 2.09. The van der Waals surface area contributed by atoms with E-state index in [9.17, 15) is 24.3 Å². The van der Waals surface area contributed by atoms with Crippen LogP contribution in [0.4, 0.5) is 0 Å². The van der Waals surface area contributed by atoms with Crippen LogP contribution in [0, 0.1) is 0 Å². The zero-order valence-corrected chi connectivity index (χ0v) is 14.5. The van der Waals surface area contributed by atoms with E-state index in [4.69, 9.17) is 15.9 Å². The van der Waals surface area contributed by atoms with Gasteiger partial charge in [-0.2, -0.15) is 11.8 Å². The minimum Gasteiger partial charge on any atom is -0.480 e. The third-order valence-electron chi connectivity index (χ3n) is 3.01. The number of aliphatic carboxylic acids is 1. The number of rotatable bonds is 12. The summed E-state index contributed by atoms with van der Waals surface area (Å²) < 4.78 is 0. The number of carboxylic acids is 1. The molecule has 3 unspecified atom stereocenters. The number of hydrogen-bond acceptors (Lipinski definition) is 8. The van der Waals surface area contributed by atoms with Crippen molar-refractivity contribution in [3.63, 3.8) is 0 Å². The zero-order valence-electron chi connectivity index (χ0n) is 13.7. The van der Waals surface area contributed by atoms with E-state index in [2.05, 4.69) is 16.0 Å². The van der Waals surface area contributed by atoms with E-state index in [1.165, 1.54) is 11.8 Å². The molecule has 0 aromatic rings. The summed E-state index contributed by atoms with van der Waals surface area (Å²) in [4.78, 5) is 46.2. The Bertz CT molecular complexity index is 477. The summed E-state index contributed by atoms with van der Waals surface area (Å²) in [6.45, 7) is -1.99. The predicted molar refractivity (Wildman–Crippen MR) is 89.7 cm³/mol. The van der Waals surface area contributed by atoms with Crippen LogP contribution in [0.15, 0.2) is 0 Å². The molecule has 0 rings (SSSR count). The molecule has 0 aromatic heterocycles. The maximum atomic E-state index is 12.1. The van der Waals surface area contributed by atoms with Crippen LogP contribution in [0.5, 0.6) is 0 Å². The highest BCUT2D eigenvalue weighted by molar-refractivity contribution is 7.98. The molecule has 3 atom stereocenters. The van der Waals surface area contributed by atoms with E-state index in [0.717, 1.165) is 0 Å². The van der Waals surface area contributed by atoms with Crippen molar-refractivity contribution in [3.05, 3.63) is 0 Å². The molecule has 0 saturated carbocycles. The summed E-state index contributed by atoms with van der Waals surface area (Å²) in [7, 11) is 0. The normalized spacial score (nSPS) is 14.1. The maximum Gasteiger partial charge on any atom is 0.322 e. The van der Waals surface area contributed by atoms with E-state index in [1.807, 2.05) is 0 Å². The van der Waals surface area contributed by atoms with E-state index in [0.29, 0.717) is 5.75 Å². The highest BCUT2D eigenvalue weighted by atomic mass is 32.2. The third-order valence-corrected chi connectivity index (χ3v) is 3.65. The monoisotopic (exact) mass is 380 g/mol. The summed E-state index contributed by atoms with van der Waals surface area (Å²) in [6, 6.07) is -3.65. The van der Waals surface area contributed by atoms with Crippen LogP contribution in [0.2, 0.25) is 0 Å². The number of carboxylic acid groups (broad SMARTS) is 1. The number of hydrogen-bond donors (Lipinski definition) is 7. The Morgan fingerprint density at radius 1 is 1.00 bits per heavy atom. The number of nitrogens with two attached hydrogens (primary N) is 1. The van der Waals surface area contributed by atoms with Crippen molar-refractivity contribution in [2.24, 2.45) is 5.73 Å². The second kappa shape index (κ2) is 12.5.